The van der Waals surface area contributed by atoms with E-state index in [2.05, 4.69) is 15.2 Å². The first-order valence-electron chi connectivity index (χ1n) is 9.91. The fourth-order valence-electron chi connectivity index (χ4n) is 3.19. The van der Waals surface area contributed by atoms with Crippen LogP contribution in [0.15, 0.2) is 93.7 Å². The molecule has 0 amide bonds. The Balaban J connectivity index is 1.40. The van der Waals surface area contributed by atoms with Crippen molar-refractivity contribution in [3.8, 4) is 17.0 Å². The standard InChI is InChI=1S/C24H17FN4O2S/c1-15(30-18-13-11-17(25)12-14-18)22-28-29-24(31-22)32-23-26-20-10-6-5-9-19(20)21(27-23)16-7-3-2-4-8-16/h2-15H,1H3/t15-/m0/s1. The molecule has 158 valence electrons. The van der Waals surface area contributed by atoms with Crippen molar-refractivity contribution in [1.82, 2.24) is 20.2 Å². The summed E-state index contributed by atoms with van der Waals surface area (Å²) in [6.45, 7) is 1.78. The molecule has 0 fully saturated rings. The molecule has 0 N–H and O–H groups in total. The summed E-state index contributed by atoms with van der Waals surface area (Å²) in [7, 11) is 0. The Morgan fingerprint density at radius 3 is 2.44 bits per heavy atom. The van der Waals surface area contributed by atoms with E-state index < -0.39 is 6.10 Å². The molecular formula is C24H17FN4O2S. The minimum atomic E-state index is -0.500. The topological polar surface area (TPSA) is 73.9 Å². The molecule has 6 nitrogen and oxygen atoms in total. The van der Waals surface area contributed by atoms with E-state index in [1.807, 2.05) is 54.6 Å². The number of benzene rings is 3. The van der Waals surface area contributed by atoms with Crippen LogP contribution in [-0.4, -0.2) is 20.2 Å². The van der Waals surface area contributed by atoms with E-state index in [1.165, 1.54) is 23.9 Å². The van der Waals surface area contributed by atoms with E-state index in [0.717, 1.165) is 22.2 Å². The molecule has 5 aromatic rings. The lowest BCUT2D eigenvalue weighted by molar-refractivity contribution is 0.181. The lowest BCUT2D eigenvalue weighted by Crippen LogP contribution is -2.03. The highest BCUT2D eigenvalue weighted by molar-refractivity contribution is 7.98. The van der Waals surface area contributed by atoms with E-state index >= 15 is 0 Å². The molecule has 5 rings (SSSR count). The van der Waals surface area contributed by atoms with E-state index in [0.29, 0.717) is 22.0 Å². The molecular weight excluding hydrogens is 427 g/mol. The van der Waals surface area contributed by atoms with Gasteiger partial charge in [-0.25, -0.2) is 14.4 Å². The first kappa shape index (κ1) is 20.1. The smallest absolute Gasteiger partial charge is 0.284 e. The van der Waals surface area contributed by atoms with Crippen molar-refractivity contribution in [3.63, 3.8) is 0 Å². The van der Waals surface area contributed by atoms with Crippen LogP contribution < -0.4 is 4.74 Å². The van der Waals surface area contributed by atoms with Crippen LogP contribution in [0.2, 0.25) is 0 Å². The van der Waals surface area contributed by atoms with Crippen molar-refractivity contribution < 1.29 is 13.5 Å². The largest absolute Gasteiger partial charge is 0.481 e. The predicted octanol–water partition coefficient (Wildman–Crippen LogP) is 6.11. The lowest BCUT2D eigenvalue weighted by Gasteiger charge is -2.10. The SMILES string of the molecule is C[C@H](Oc1ccc(F)cc1)c1nnc(Sc2nc(-c3ccccc3)c3ccccc3n2)o1. The average Bonchev–Trinajstić information content (AvgIpc) is 3.29. The van der Waals surface area contributed by atoms with Gasteiger partial charge in [-0.1, -0.05) is 48.5 Å². The van der Waals surface area contributed by atoms with Gasteiger partial charge in [0, 0.05) is 22.7 Å². The Labute approximate surface area is 187 Å². The number of halogens is 1. The second kappa shape index (κ2) is 8.76. The Morgan fingerprint density at radius 2 is 1.62 bits per heavy atom. The minimum Gasteiger partial charge on any atom is -0.481 e. The molecule has 3 aromatic carbocycles. The Hall–Kier alpha value is -3.78. The molecule has 0 spiro atoms. The second-order valence-corrected chi connectivity index (χ2v) is 7.88. The second-order valence-electron chi connectivity index (χ2n) is 6.96. The summed E-state index contributed by atoms with van der Waals surface area (Å²) < 4.78 is 24.6. The number of hydrogen-bond donors (Lipinski definition) is 0. The molecule has 0 unspecified atom stereocenters. The summed E-state index contributed by atoms with van der Waals surface area (Å²) in [5.41, 5.74) is 2.67. The number of fused-ring (bicyclic) bond motifs is 1. The first-order valence-corrected chi connectivity index (χ1v) is 10.7. The highest BCUT2D eigenvalue weighted by Crippen LogP contribution is 2.32. The van der Waals surface area contributed by atoms with Gasteiger partial charge in [0.1, 0.15) is 11.6 Å². The van der Waals surface area contributed by atoms with Gasteiger partial charge in [-0.3, -0.25) is 0 Å². The molecule has 1 atom stereocenters. The van der Waals surface area contributed by atoms with Gasteiger partial charge in [0.25, 0.3) is 11.1 Å². The van der Waals surface area contributed by atoms with Gasteiger partial charge < -0.3 is 9.15 Å². The quantitative estimate of drug-likeness (QED) is 0.293. The van der Waals surface area contributed by atoms with Crippen molar-refractivity contribution in [1.29, 1.82) is 0 Å². The van der Waals surface area contributed by atoms with Gasteiger partial charge in [0.15, 0.2) is 11.3 Å². The molecule has 0 aliphatic carbocycles. The Kier molecular flexibility index (Phi) is 5.51. The Bertz CT molecular complexity index is 1360. The maximum absolute atomic E-state index is 13.1. The van der Waals surface area contributed by atoms with Crippen LogP contribution in [0.4, 0.5) is 4.39 Å². The van der Waals surface area contributed by atoms with Gasteiger partial charge in [-0.2, -0.15) is 0 Å². The van der Waals surface area contributed by atoms with E-state index in [1.54, 1.807) is 19.1 Å². The van der Waals surface area contributed by atoms with Gasteiger partial charge in [0.2, 0.25) is 0 Å². The normalized spacial score (nSPS) is 12.1. The van der Waals surface area contributed by atoms with Crippen LogP contribution in [0.1, 0.15) is 18.9 Å². The molecule has 0 saturated carbocycles. The monoisotopic (exact) mass is 444 g/mol. The summed E-state index contributed by atoms with van der Waals surface area (Å²) in [5, 5.41) is 9.96. The summed E-state index contributed by atoms with van der Waals surface area (Å²) in [4.78, 5) is 9.40. The van der Waals surface area contributed by atoms with Gasteiger partial charge in [-0.05, 0) is 37.3 Å². The summed E-state index contributed by atoms with van der Waals surface area (Å²) in [5.74, 6) is 0.490. The molecule has 0 saturated heterocycles. The fourth-order valence-corrected chi connectivity index (χ4v) is 3.83. The van der Waals surface area contributed by atoms with Crippen molar-refractivity contribution in [2.45, 2.75) is 23.4 Å². The summed E-state index contributed by atoms with van der Waals surface area (Å²) >= 11 is 1.19. The maximum atomic E-state index is 13.1. The summed E-state index contributed by atoms with van der Waals surface area (Å²) in [6, 6.07) is 23.6. The molecule has 2 aromatic heterocycles. The third kappa shape index (κ3) is 4.31. The third-order valence-electron chi connectivity index (χ3n) is 4.70. The Morgan fingerprint density at radius 1 is 0.875 bits per heavy atom. The highest BCUT2D eigenvalue weighted by Gasteiger charge is 2.18. The number of rotatable bonds is 6. The zero-order valence-electron chi connectivity index (χ0n) is 17.0. The van der Waals surface area contributed by atoms with Crippen LogP contribution >= 0.6 is 11.8 Å². The van der Waals surface area contributed by atoms with Crippen LogP contribution in [0.25, 0.3) is 22.2 Å². The first-order chi connectivity index (χ1) is 15.7. The number of para-hydroxylation sites is 1. The van der Waals surface area contributed by atoms with Crippen molar-refractivity contribution in [2.75, 3.05) is 0 Å². The van der Waals surface area contributed by atoms with Crippen molar-refractivity contribution in [2.24, 2.45) is 0 Å². The maximum Gasteiger partial charge on any atom is 0.284 e. The minimum absolute atomic E-state index is 0.306. The predicted molar refractivity (Wildman–Crippen MR) is 119 cm³/mol. The number of ether oxygens (including phenoxy) is 1. The fraction of sp³-hybridized carbons (Fsp3) is 0.0833. The average molecular weight is 444 g/mol. The van der Waals surface area contributed by atoms with Crippen LogP contribution in [0.3, 0.4) is 0 Å². The zero-order valence-corrected chi connectivity index (χ0v) is 17.8. The molecule has 32 heavy (non-hydrogen) atoms. The van der Waals surface area contributed by atoms with Gasteiger partial charge >= 0.3 is 0 Å². The number of nitrogens with zero attached hydrogens (tertiary/aromatic N) is 4. The van der Waals surface area contributed by atoms with Crippen LogP contribution in [-0.2, 0) is 0 Å². The van der Waals surface area contributed by atoms with Gasteiger partial charge in [0.05, 0.1) is 11.2 Å². The van der Waals surface area contributed by atoms with Crippen LogP contribution in [0, 0.1) is 5.82 Å². The molecule has 0 bridgehead atoms. The molecule has 8 heteroatoms. The van der Waals surface area contributed by atoms with E-state index in [-0.39, 0.29) is 5.82 Å². The van der Waals surface area contributed by atoms with E-state index in [4.69, 9.17) is 14.1 Å². The highest BCUT2D eigenvalue weighted by atomic mass is 32.2. The third-order valence-corrected chi connectivity index (χ3v) is 5.41. The lowest BCUT2D eigenvalue weighted by atomic mass is 10.1. The van der Waals surface area contributed by atoms with Crippen molar-refractivity contribution >= 4 is 22.7 Å². The number of aromatic nitrogens is 4. The van der Waals surface area contributed by atoms with Gasteiger partial charge in [-0.15, -0.1) is 10.2 Å². The van der Waals surface area contributed by atoms with Crippen molar-refractivity contribution in [3.05, 3.63) is 90.6 Å². The number of hydrogen-bond acceptors (Lipinski definition) is 7. The molecule has 2 heterocycles. The summed E-state index contributed by atoms with van der Waals surface area (Å²) in [6.07, 6.45) is -0.500. The molecule has 0 radical (unpaired) electrons. The molecule has 0 aliphatic heterocycles. The van der Waals surface area contributed by atoms with Crippen LogP contribution in [0.5, 0.6) is 5.75 Å². The van der Waals surface area contributed by atoms with E-state index in [9.17, 15) is 4.39 Å². The zero-order chi connectivity index (χ0) is 21.9. The molecule has 0 aliphatic rings.